The summed E-state index contributed by atoms with van der Waals surface area (Å²) in [5.74, 6) is 0.310. The van der Waals surface area contributed by atoms with E-state index < -0.39 is 0 Å². The molecule has 1 aromatic heterocycles. The number of benzene rings is 1. The van der Waals surface area contributed by atoms with E-state index in [0.29, 0.717) is 22.9 Å². The van der Waals surface area contributed by atoms with Crippen LogP contribution < -0.4 is 5.32 Å². The van der Waals surface area contributed by atoms with Gasteiger partial charge in [0.05, 0.1) is 11.6 Å². The summed E-state index contributed by atoms with van der Waals surface area (Å²) in [6.45, 7) is 3.41. The van der Waals surface area contributed by atoms with Crippen LogP contribution in [0.2, 0.25) is 0 Å². The van der Waals surface area contributed by atoms with Crippen molar-refractivity contribution >= 4 is 17.5 Å². The summed E-state index contributed by atoms with van der Waals surface area (Å²) in [7, 11) is 0. The van der Waals surface area contributed by atoms with E-state index in [1.807, 2.05) is 17.9 Å². The molecule has 0 saturated carbocycles. The van der Waals surface area contributed by atoms with Crippen molar-refractivity contribution in [1.82, 2.24) is 14.9 Å². The average molecular weight is 307 g/mol. The maximum absolute atomic E-state index is 12.5. The number of aryl methyl sites for hydroxylation is 1. The molecule has 1 aromatic carbocycles. The van der Waals surface area contributed by atoms with Crippen molar-refractivity contribution in [3.05, 3.63) is 47.3 Å². The Morgan fingerprint density at radius 3 is 2.78 bits per heavy atom. The number of anilines is 2. The Balaban J connectivity index is 1.85. The third kappa shape index (κ3) is 3.46. The fraction of sp³-hybridized carbons (Fsp3) is 0.294. The lowest BCUT2D eigenvalue weighted by Gasteiger charge is -2.15. The Kier molecular flexibility index (Phi) is 4.20. The molecule has 1 N–H and O–H groups in total. The van der Waals surface area contributed by atoms with E-state index in [0.717, 1.165) is 31.6 Å². The molecular formula is C17H17N5O. The highest BCUT2D eigenvalue weighted by atomic mass is 16.2. The largest absolute Gasteiger partial charge is 0.337 e. The molecule has 116 valence electrons. The van der Waals surface area contributed by atoms with Crippen molar-refractivity contribution in [1.29, 1.82) is 5.26 Å². The number of nitrogens with one attached hydrogen (secondary N) is 1. The summed E-state index contributed by atoms with van der Waals surface area (Å²) in [6.07, 6.45) is 2.09. The quantitative estimate of drug-likeness (QED) is 0.942. The first-order valence-corrected chi connectivity index (χ1v) is 7.58. The van der Waals surface area contributed by atoms with Gasteiger partial charge in [0.25, 0.3) is 5.91 Å². The van der Waals surface area contributed by atoms with Gasteiger partial charge in [-0.2, -0.15) is 5.26 Å². The molecule has 2 aromatic rings. The van der Waals surface area contributed by atoms with Gasteiger partial charge >= 0.3 is 0 Å². The van der Waals surface area contributed by atoms with Gasteiger partial charge in [0.2, 0.25) is 5.95 Å². The molecule has 6 heteroatoms. The first-order chi connectivity index (χ1) is 11.2. The van der Waals surface area contributed by atoms with Crippen LogP contribution in [0.15, 0.2) is 30.3 Å². The molecule has 2 heterocycles. The zero-order chi connectivity index (χ0) is 16.2. The van der Waals surface area contributed by atoms with E-state index in [4.69, 9.17) is 5.26 Å². The maximum Gasteiger partial charge on any atom is 0.272 e. The van der Waals surface area contributed by atoms with Gasteiger partial charge in [0.1, 0.15) is 5.69 Å². The van der Waals surface area contributed by atoms with E-state index in [1.54, 1.807) is 24.3 Å². The summed E-state index contributed by atoms with van der Waals surface area (Å²) in [4.78, 5) is 22.9. The normalized spacial score (nSPS) is 13.7. The van der Waals surface area contributed by atoms with Crippen molar-refractivity contribution in [2.24, 2.45) is 0 Å². The highest BCUT2D eigenvalue weighted by molar-refractivity contribution is 5.92. The minimum atomic E-state index is -0.0539. The second-order valence-corrected chi connectivity index (χ2v) is 5.54. The molecule has 6 nitrogen and oxygen atoms in total. The third-order valence-corrected chi connectivity index (χ3v) is 3.71. The Labute approximate surface area is 134 Å². The Hall–Kier alpha value is -2.94. The molecule has 0 unspecified atom stereocenters. The van der Waals surface area contributed by atoms with Crippen LogP contribution >= 0.6 is 0 Å². The lowest BCUT2D eigenvalue weighted by molar-refractivity contribution is 0.0787. The predicted octanol–water partition coefficient (Wildman–Crippen LogP) is 2.64. The van der Waals surface area contributed by atoms with Gasteiger partial charge in [-0.3, -0.25) is 4.79 Å². The number of rotatable bonds is 3. The summed E-state index contributed by atoms with van der Waals surface area (Å²) < 4.78 is 0. The van der Waals surface area contributed by atoms with Crippen LogP contribution in [0.25, 0.3) is 0 Å². The van der Waals surface area contributed by atoms with E-state index in [1.165, 1.54) is 0 Å². The second kappa shape index (κ2) is 6.44. The van der Waals surface area contributed by atoms with E-state index in [9.17, 15) is 4.79 Å². The van der Waals surface area contributed by atoms with Crippen molar-refractivity contribution in [2.75, 3.05) is 18.4 Å². The van der Waals surface area contributed by atoms with Crippen LogP contribution in [0.1, 0.15) is 34.6 Å². The number of nitriles is 1. The molecule has 23 heavy (non-hydrogen) atoms. The van der Waals surface area contributed by atoms with E-state index in [-0.39, 0.29) is 5.91 Å². The number of amides is 1. The molecule has 0 radical (unpaired) electrons. The Bertz CT molecular complexity index is 775. The number of nitrogens with zero attached hydrogens (tertiary/aromatic N) is 4. The fourth-order valence-electron chi connectivity index (χ4n) is 2.61. The molecule has 3 rings (SSSR count). The second-order valence-electron chi connectivity index (χ2n) is 5.54. The fourth-order valence-corrected chi connectivity index (χ4v) is 2.61. The highest BCUT2D eigenvalue weighted by Crippen LogP contribution is 2.17. The van der Waals surface area contributed by atoms with Crippen LogP contribution in [0, 0.1) is 18.3 Å². The lowest BCUT2D eigenvalue weighted by Crippen LogP contribution is -2.28. The molecule has 1 saturated heterocycles. The minimum Gasteiger partial charge on any atom is -0.337 e. The maximum atomic E-state index is 12.5. The average Bonchev–Trinajstić information content (AvgIpc) is 3.08. The third-order valence-electron chi connectivity index (χ3n) is 3.71. The zero-order valence-electron chi connectivity index (χ0n) is 12.9. The van der Waals surface area contributed by atoms with Gasteiger partial charge in [-0.05, 0) is 44.0 Å². The van der Waals surface area contributed by atoms with Crippen LogP contribution in [0.4, 0.5) is 11.6 Å². The summed E-state index contributed by atoms with van der Waals surface area (Å²) in [5.41, 5.74) is 2.39. The van der Waals surface area contributed by atoms with Gasteiger partial charge in [0.15, 0.2) is 0 Å². The number of carbonyl (C=O) groups is 1. The molecular weight excluding hydrogens is 290 g/mol. The van der Waals surface area contributed by atoms with Crippen molar-refractivity contribution in [2.45, 2.75) is 19.8 Å². The van der Waals surface area contributed by atoms with Crippen LogP contribution in [0.3, 0.4) is 0 Å². The van der Waals surface area contributed by atoms with Crippen LogP contribution in [-0.2, 0) is 0 Å². The highest BCUT2D eigenvalue weighted by Gasteiger charge is 2.21. The zero-order valence-corrected chi connectivity index (χ0v) is 12.9. The summed E-state index contributed by atoms with van der Waals surface area (Å²) >= 11 is 0. The number of likely N-dealkylation sites (tertiary alicyclic amines) is 1. The lowest BCUT2D eigenvalue weighted by atomic mass is 10.2. The van der Waals surface area contributed by atoms with Crippen molar-refractivity contribution in [3.63, 3.8) is 0 Å². The molecule has 0 spiro atoms. The van der Waals surface area contributed by atoms with E-state index in [2.05, 4.69) is 21.4 Å². The van der Waals surface area contributed by atoms with Crippen LogP contribution in [-0.4, -0.2) is 33.9 Å². The van der Waals surface area contributed by atoms with Gasteiger partial charge in [-0.1, -0.05) is 6.07 Å². The molecule has 0 aliphatic carbocycles. The monoisotopic (exact) mass is 307 g/mol. The van der Waals surface area contributed by atoms with Crippen molar-refractivity contribution in [3.8, 4) is 6.07 Å². The number of carbonyl (C=O) groups excluding carboxylic acids is 1. The molecule has 0 bridgehead atoms. The SMILES string of the molecule is Cc1cc(C(=O)N2CCCC2)nc(Nc2cccc(C#N)c2)n1. The molecule has 1 amide bonds. The van der Waals surface area contributed by atoms with E-state index >= 15 is 0 Å². The molecule has 1 aliphatic rings. The number of aromatic nitrogens is 2. The summed E-state index contributed by atoms with van der Waals surface area (Å²) in [5, 5.41) is 12.0. The molecule has 1 aliphatic heterocycles. The Morgan fingerprint density at radius 1 is 1.26 bits per heavy atom. The molecule has 1 fully saturated rings. The topological polar surface area (TPSA) is 81.9 Å². The molecule has 0 atom stereocenters. The first kappa shape index (κ1) is 15.0. The standard InChI is InChI=1S/C17H17N5O/c1-12-9-15(16(23)22-7-2-3-8-22)21-17(19-12)20-14-6-4-5-13(10-14)11-18/h4-6,9-10H,2-3,7-8H2,1H3,(H,19,20,21). The van der Waals surface area contributed by atoms with Gasteiger partial charge in [-0.25, -0.2) is 9.97 Å². The number of hydrogen-bond donors (Lipinski definition) is 1. The smallest absolute Gasteiger partial charge is 0.272 e. The first-order valence-electron chi connectivity index (χ1n) is 7.58. The minimum absolute atomic E-state index is 0.0539. The Morgan fingerprint density at radius 2 is 2.04 bits per heavy atom. The van der Waals surface area contributed by atoms with Gasteiger partial charge in [-0.15, -0.1) is 0 Å². The van der Waals surface area contributed by atoms with Crippen molar-refractivity contribution < 1.29 is 4.79 Å². The predicted molar refractivity (Wildman–Crippen MR) is 86.3 cm³/mol. The van der Waals surface area contributed by atoms with Gasteiger partial charge in [0, 0.05) is 24.5 Å². The summed E-state index contributed by atoms with van der Waals surface area (Å²) in [6, 6.07) is 10.9. The van der Waals surface area contributed by atoms with Gasteiger partial charge < -0.3 is 10.2 Å². The van der Waals surface area contributed by atoms with Crippen LogP contribution in [0.5, 0.6) is 0 Å². The number of hydrogen-bond acceptors (Lipinski definition) is 5.